The molecule has 1 heterocycles. The van der Waals surface area contributed by atoms with Crippen molar-refractivity contribution in [3.05, 3.63) is 58.3 Å². The summed E-state index contributed by atoms with van der Waals surface area (Å²) in [5.41, 5.74) is 0.786. The van der Waals surface area contributed by atoms with Gasteiger partial charge < -0.3 is 5.32 Å². The molecule has 0 spiro atoms. The molecule has 0 aliphatic carbocycles. The van der Waals surface area contributed by atoms with Gasteiger partial charge in [-0.3, -0.25) is 4.79 Å². The molecule has 1 saturated heterocycles. The summed E-state index contributed by atoms with van der Waals surface area (Å²) in [5, 5.41) is 2.62. The van der Waals surface area contributed by atoms with Crippen LogP contribution in [0.5, 0.6) is 0 Å². The molecule has 2 aromatic rings. The quantitative estimate of drug-likeness (QED) is 0.787. The van der Waals surface area contributed by atoms with E-state index in [1.165, 1.54) is 22.5 Å². The molecule has 26 heavy (non-hydrogen) atoms. The van der Waals surface area contributed by atoms with Crippen molar-refractivity contribution in [1.29, 1.82) is 0 Å². The predicted octanol–water partition coefficient (Wildman–Crippen LogP) is 3.69. The molecule has 1 unspecified atom stereocenters. The molecule has 2 aromatic carbocycles. The topological polar surface area (TPSA) is 66.5 Å². The molecule has 0 radical (unpaired) electrons. The zero-order valence-electron chi connectivity index (χ0n) is 14.1. The Morgan fingerprint density at radius 1 is 1.23 bits per heavy atom. The van der Waals surface area contributed by atoms with Crippen LogP contribution in [0.4, 0.5) is 10.1 Å². The first-order valence-corrected chi connectivity index (χ1v) is 10.4. The highest BCUT2D eigenvalue weighted by Gasteiger charge is 2.39. The van der Waals surface area contributed by atoms with Gasteiger partial charge in [-0.1, -0.05) is 22.0 Å². The fourth-order valence-electron chi connectivity index (χ4n) is 2.93. The number of rotatable bonds is 4. The fourth-order valence-corrected chi connectivity index (χ4v) is 4.85. The molecule has 0 aromatic heterocycles. The van der Waals surface area contributed by atoms with Crippen molar-refractivity contribution < 1.29 is 17.6 Å². The lowest BCUT2D eigenvalue weighted by Crippen LogP contribution is -2.43. The van der Waals surface area contributed by atoms with E-state index in [-0.39, 0.29) is 11.4 Å². The van der Waals surface area contributed by atoms with Crippen molar-refractivity contribution in [2.75, 3.05) is 11.9 Å². The van der Waals surface area contributed by atoms with Gasteiger partial charge in [0.1, 0.15) is 11.9 Å². The van der Waals surface area contributed by atoms with Crippen molar-refractivity contribution in [2.24, 2.45) is 0 Å². The van der Waals surface area contributed by atoms with Gasteiger partial charge in [0.15, 0.2) is 0 Å². The summed E-state index contributed by atoms with van der Waals surface area (Å²) in [7, 11) is -3.78. The largest absolute Gasteiger partial charge is 0.325 e. The molecule has 1 fully saturated rings. The van der Waals surface area contributed by atoms with Gasteiger partial charge in [-0.15, -0.1) is 0 Å². The van der Waals surface area contributed by atoms with Gasteiger partial charge in [-0.25, -0.2) is 12.8 Å². The maximum Gasteiger partial charge on any atom is 0.243 e. The van der Waals surface area contributed by atoms with Gasteiger partial charge >= 0.3 is 0 Å². The molecular formula is C18H18BrFN2O3S. The van der Waals surface area contributed by atoms with E-state index in [1.54, 1.807) is 31.2 Å². The molecule has 8 heteroatoms. The summed E-state index contributed by atoms with van der Waals surface area (Å²) in [6.07, 6.45) is 1.02. The van der Waals surface area contributed by atoms with Crippen LogP contribution < -0.4 is 5.32 Å². The highest BCUT2D eigenvalue weighted by atomic mass is 79.9. The molecule has 1 N–H and O–H groups in total. The first kappa shape index (κ1) is 19.0. The minimum atomic E-state index is -3.78. The first-order chi connectivity index (χ1) is 12.3. The van der Waals surface area contributed by atoms with E-state index in [0.29, 0.717) is 24.1 Å². The third-order valence-electron chi connectivity index (χ3n) is 4.37. The molecular weight excluding hydrogens is 423 g/mol. The van der Waals surface area contributed by atoms with Crippen LogP contribution in [0.3, 0.4) is 0 Å². The highest BCUT2D eigenvalue weighted by molar-refractivity contribution is 9.10. The van der Waals surface area contributed by atoms with Gasteiger partial charge in [0.05, 0.1) is 4.90 Å². The first-order valence-electron chi connectivity index (χ1n) is 8.13. The monoisotopic (exact) mass is 440 g/mol. The van der Waals surface area contributed by atoms with Crippen molar-refractivity contribution in [1.82, 2.24) is 4.31 Å². The van der Waals surface area contributed by atoms with Crippen molar-refractivity contribution >= 4 is 37.5 Å². The van der Waals surface area contributed by atoms with E-state index in [4.69, 9.17) is 0 Å². The number of anilines is 1. The lowest BCUT2D eigenvalue weighted by atomic mass is 10.2. The van der Waals surface area contributed by atoms with E-state index in [2.05, 4.69) is 21.2 Å². The third-order valence-corrected chi connectivity index (χ3v) is 6.82. The average Bonchev–Trinajstić information content (AvgIpc) is 3.09. The molecule has 1 amide bonds. The molecule has 1 atom stereocenters. The van der Waals surface area contributed by atoms with Crippen molar-refractivity contribution in [3.63, 3.8) is 0 Å². The summed E-state index contributed by atoms with van der Waals surface area (Å²) < 4.78 is 41.4. The summed E-state index contributed by atoms with van der Waals surface area (Å²) in [4.78, 5) is 12.7. The smallest absolute Gasteiger partial charge is 0.243 e. The molecule has 0 saturated carbocycles. The fraction of sp³-hybridized carbons (Fsp3) is 0.278. The number of carbonyl (C=O) groups excluding carboxylic acids is 1. The number of carbonyl (C=O) groups is 1. The van der Waals surface area contributed by atoms with Gasteiger partial charge in [0.2, 0.25) is 15.9 Å². The summed E-state index contributed by atoms with van der Waals surface area (Å²) in [5.74, 6) is -0.875. The van der Waals surface area contributed by atoms with Crippen LogP contribution in [0.15, 0.2) is 51.8 Å². The molecule has 1 aliphatic heterocycles. The number of nitrogens with one attached hydrogen (secondary N) is 1. The second-order valence-corrected chi connectivity index (χ2v) is 8.99. The van der Waals surface area contributed by atoms with Crippen LogP contribution in [-0.4, -0.2) is 31.2 Å². The van der Waals surface area contributed by atoms with Crippen molar-refractivity contribution in [3.8, 4) is 0 Å². The Morgan fingerprint density at radius 3 is 2.58 bits per heavy atom. The Morgan fingerprint density at radius 2 is 1.92 bits per heavy atom. The molecule has 5 nitrogen and oxygen atoms in total. The number of aryl methyl sites for hydroxylation is 1. The normalized spacial score (nSPS) is 18.0. The lowest BCUT2D eigenvalue weighted by molar-refractivity contribution is -0.119. The second kappa shape index (κ2) is 7.46. The Bertz CT molecular complexity index is 932. The van der Waals surface area contributed by atoms with E-state index in [9.17, 15) is 17.6 Å². The van der Waals surface area contributed by atoms with Crippen LogP contribution in [0.1, 0.15) is 18.4 Å². The van der Waals surface area contributed by atoms with Crippen molar-refractivity contribution in [2.45, 2.75) is 30.7 Å². The number of hydrogen-bond donors (Lipinski definition) is 1. The van der Waals surface area contributed by atoms with E-state index in [0.717, 1.165) is 4.47 Å². The maximum atomic E-state index is 13.7. The Hall–Kier alpha value is -1.77. The SMILES string of the molecule is Cc1ccc(NC(=O)C2CCCN2S(=O)(=O)c2ccc(Br)cc2)cc1F. The predicted molar refractivity (Wildman–Crippen MR) is 101 cm³/mol. The van der Waals surface area contributed by atoms with E-state index < -0.39 is 27.8 Å². The molecule has 1 aliphatic rings. The minimum absolute atomic E-state index is 0.141. The molecule has 0 bridgehead atoms. The van der Waals surface area contributed by atoms with Crippen LogP contribution >= 0.6 is 15.9 Å². The lowest BCUT2D eigenvalue weighted by Gasteiger charge is -2.23. The molecule has 138 valence electrons. The van der Waals surface area contributed by atoms with E-state index in [1.807, 2.05) is 0 Å². The number of sulfonamides is 1. The Kier molecular flexibility index (Phi) is 5.45. The zero-order valence-corrected chi connectivity index (χ0v) is 16.5. The highest BCUT2D eigenvalue weighted by Crippen LogP contribution is 2.28. The maximum absolute atomic E-state index is 13.7. The summed E-state index contributed by atoms with van der Waals surface area (Å²) >= 11 is 3.28. The summed E-state index contributed by atoms with van der Waals surface area (Å²) in [6, 6.07) is 9.88. The Balaban J connectivity index is 1.81. The van der Waals surface area contributed by atoms with E-state index >= 15 is 0 Å². The van der Waals surface area contributed by atoms with Crippen LogP contribution in [0.25, 0.3) is 0 Å². The number of amides is 1. The zero-order chi connectivity index (χ0) is 18.9. The van der Waals surface area contributed by atoms with Gasteiger partial charge in [0, 0.05) is 16.7 Å². The average molecular weight is 441 g/mol. The number of nitrogens with zero attached hydrogens (tertiary/aromatic N) is 1. The van der Waals surface area contributed by atoms with Crippen LogP contribution in [0, 0.1) is 12.7 Å². The summed E-state index contributed by atoms with van der Waals surface area (Å²) in [6.45, 7) is 1.91. The van der Waals surface area contributed by atoms with Gasteiger partial charge in [0.25, 0.3) is 0 Å². The van der Waals surface area contributed by atoms with Crippen LogP contribution in [0.2, 0.25) is 0 Å². The molecule has 3 rings (SSSR count). The van der Waals surface area contributed by atoms with Crippen LogP contribution in [-0.2, 0) is 14.8 Å². The number of hydrogen-bond acceptors (Lipinski definition) is 3. The second-order valence-electron chi connectivity index (χ2n) is 6.18. The minimum Gasteiger partial charge on any atom is -0.325 e. The third kappa shape index (κ3) is 3.82. The number of benzene rings is 2. The van der Waals surface area contributed by atoms with Gasteiger partial charge in [-0.2, -0.15) is 4.31 Å². The number of halogens is 2. The standard InChI is InChI=1S/C18H18BrFN2O3S/c1-12-4-7-14(11-16(12)20)21-18(23)17-3-2-10-22(17)26(24,25)15-8-5-13(19)6-9-15/h4-9,11,17H,2-3,10H2,1H3,(H,21,23). The Labute approximate surface area is 160 Å². The van der Waals surface area contributed by atoms with Gasteiger partial charge in [-0.05, 0) is 61.7 Å².